The molecular weight excluding hydrogens is 467 g/mol. The van der Waals surface area contributed by atoms with Gasteiger partial charge in [0.05, 0.1) is 11.6 Å². The third kappa shape index (κ3) is 6.71. The van der Waals surface area contributed by atoms with E-state index in [0.717, 1.165) is 45.3 Å². The van der Waals surface area contributed by atoms with E-state index < -0.39 is 23.5 Å². The number of Topliss-reactive ketones (excluding diaryl/α,β-unsaturated/α-hetero) is 1. The van der Waals surface area contributed by atoms with Crippen LogP contribution < -0.4 is 0 Å². The minimum atomic E-state index is -0.739. The van der Waals surface area contributed by atoms with E-state index in [4.69, 9.17) is 11.6 Å². The number of nitrogens with zero attached hydrogens (tertiary/aromatic N) is 2. The number of aliphatic hydroxyl groups is 1. The average molecular weight is 501 g/mol. The number of unbranched alkanes of at least 4 members (excludes halogenated alkanes) is 2. The molecule has 1 aliphatic rings. The molecule has 7 heteroatoms. The maximum absolute atomic E-state index is 13.4. The van der Waals surface area contributed by atoms with Crippen molar-refractivity contribution in [2.75, 3.05) is 26.2 Å². The highest BCUT2D eigenvalue weighted by atomic mass is 35.5. The molecule has 0 bridgehead atoms. The quantitative estimate of drug-likeness (QED) is 0.214. The van der Waals surface area contributed by atoms with Crippen LogP contribution in [0.1, 0.15) is 63.1 Å². The van der Waals surface area contributed by atoms with Crippen LogP contribution in [0.15, 0.2) is 54.1 Å². The Morgan fingerprint density at radius 1 is 0.943 bits per heavy atom. The van der Waals surface area contributed by atoms with Crippen LogP contribution >= 0.6 is 11.6 Å². The van der Waals surface area contributed by atoms with Crippen molar-refractivity contribution >= 4 is 29.1 Å². The zero-order valence-electron chi connectivity index (χ0n) is 20.5. The third-order valence-electron chi connectivity index (χ3n) is 6.37. The van der Waals surface area contributed by atoms with Gasteiger partial charge in [-0.05, 0) is 80.9 Å². The summed E-state index contributed by atoms with van der Waals surface area (Å²) in [4.78, 5) is 30.2. The average Bonchev–Trinajstić information content (AvgIpc) is 3.10. The zero-order valence-corrected chi connectivity index (χ0v) is 21.2. The molecule has 35 heavy (non-hydrogen) atoms. The van der Waals surface area contributed by atoms with Crippen molar-refractivity contribution in [1.29, 1.82) is 0 Å². The normalized spacial score (nSPS) is 17.5. The van der Waals surface area contributed by atoms with Crippen LogP contribution in [-0.4, -0.2) is 52.8 Å². The summed E-state index contributed by atoms with van der Waals surface area (Å²) in [6.45, 7) is 7.58. The molecule has 0 spiro atoms. The zero-order chi connectivity index (χ0) is 25.4. The summed E-state index contributed by atoms with van der Waals surface area (Å²) in [6, 6.07) is 11.4. The molecule has 1 aliphatic heterocycles. The topological polar surface area (TPSA) is 60.9 Å². The lowest BCUT2D eigenvalue weighted by Gasteiger charge is -2.27. The third-order valence-corrected chi connectivity index (χ3v) is 6.62. The van der Waals surface area contributed by atoms with Gasteiger partial charge in [0.25, 0.3) is 11.7 Å². The maximum atomic E-state index is 13.4. The highest BCUT2D eigenvalue weighted by molar-refractivity contribution is 6.46. The van der Waals surface area contributed by atoms with Crippen LogP contribution in [0.25, 0.3) is 5.76 Å². The predicted octanol–water partition coefficient (Wildman–Crippen LogP) is 6.19. The van der Waals surface area contributed by atoms with Gasteiger partial charge in [-0.2, -0.15) is 0 Å². The number of amides is 1. The number of halogens is 2. The molecule has 0 aliphatic carbocycles. The number of hydrogen-bond donors (Lipinski definition) is 1. The molecule has 1 heterocycles. The minimum absolute atomic E-state index is 0.0118. The second kappa shape index (κ2) is 12.8. The largest absolute Gasteiger partial charge is 0.507 e. The summed E-state index contributed by atoms with van der Waals surface area (Å²) in [7, 11) is 0. The molecule has 188 valence electrons. The van der Waals surface area contributed by atoms with E-state index in [2.05, 4.69) is 18.7 Å². The summed E-state index contributed by atoms with van der Waals surface area (Å²) >= 11 is 6.07. The van der Waals surface area contributed by atoms with Gasteiger partial charge in [0.15, 0.2) is 0 Å². The Morgan fingerprint density at radius 3 is 2.09 bits per heavy atom. The predicted molar refractivity (Wildman–Crippen MR) is 138 cm³/mol. The van der Waals surface area contributed by atoms with Gasteiger partial charge in [-0.15, -0.1) is 0 Å². The van der Waals surface area contributed by atoms with E-state index in [1.807, 2.05) is 0 Å². The first kappa shape index (κ1) is 26.9. The highest BCUT2D eigenvalue weighted by Gasteiger charge is 2.45. The first-order valence-electron chi connectivity index (χ1n) is 12.4. The van der Waals surface area contributed by atoms with E-state index in [0.29, 0.717) is 23.6 Å². The van der Waals surface area contributed by atoms with E-state index in [1.54, 1.807) is 29.2 Å². The number of rotatable bonds is 12. The van der Waals surface area contributed by atoms with E-state index in [-0.39, 0.29) is 16.9 Å². The lowest BCUT2D eigenvalue weighted by atomic mass is 9.95. The summed E-state index contributed by atoms with van der Waals surface area (Å²) < 4.78 is 13.4. The van der Waals surface area contributed by atoms with Crippen LogP contribution in [0, 0.1) is 5.82 Å². The van der Waals surface area contributed by atoms with Gasteiger partial charge in [0.1, 0.15) is 11.6 Å². The van der Waals surface area contributed by atoms with Crippen LogP contribution in [-0.2, 0) is 9.59 Å². The number of carbonyl (C=O) groups excluding carboxylic acids is 2. The second-order valence-corrected chi connectivity index (χ2v) is 9.39. The Labute approximate surface area is 212 Å². The second-order valence-electron chi connectivity index (χ2n) is 8.95. The molecule has 2 aromatic rings. The molecular formula is C28H34ClFN2O3. The number of ketones is 1. The van der Waals surface area contributed by atoms with Gasteiger partial charge in [-0.25, -0.2) is 4.39 Å². The molecule has 1 amide bonds. The number of aliphatic hydroxyl groups excluding tert-OH is 1. The van der Waals surface area contributed by atoms with Crippen molar-refractivity contribution in [3.63, 3.8) is 0 Å². The molecule has 1 fully saturated rings. The van der Waals surface area contributed by atoms with E-state index in [1.165, 1.54) is 24.3 Å². The van der Waals surface area contributed by atoms with Gasteiger partial charge in [0, 0.05) is 17.1 Å². The van der Waals surface area contributed by atoms with E-state index in [9.17, 15) is 19.1 Å². The molecule has 1 atom stereocenters. The van der Waals surface area contributed by atoms with Gasteiger partial charge in [-0.1, -0.05) is 50.4 Å². The highest BCUT2D eigenvalue weighted by Crippen LogP contribution is 2.39. The summed E-state index contributed by atoms with van der Waals surface area (Å²) in [5.74, 6) is -2.13. The SMILES string of the molecule is CCCCN(CCCC)CCCN1C(=O)C(=O)C(=C(O)c2ccc(F)cc2)[C@@H]1c1ccc(Cl)cc1. The van der Waals surface area contributed by atoms with Gasteiger partial charge < -0.3 is 14.9 Å². The van der Waals surface area contributed by atoms with Crippen molar-refractivity contribution < 1.29 is 19.1 Å². The molecule has 0 radical (unpaired) electrons. The Balaban J connectivity index is 1.90. The summed E-state index contributed by atoms with van der Waals surface area (Å²) in [5, 5.41) is 11.6. The van der Waals surface area contributed by atoms with Crippen molar-refractivity contribution in [2.45, 2.75) is 52.0 Å². The number of likely N-dealkylation sites (tertiary alicyclic amines) is 1. The first-order valence-corrected chi connectivity index (χ1v) is 12.8. The molecule has 1 saturated heterocycles. The summed E-state index contributed by atoms with van der Waals surface area (Å²) in [6.07, 6.45) is 5.20. The Morgan fingerprint density at radius 2 is 1.51 bits per heavy atom. The Kier molecular flexibility index (Phi) is 9.87. The van der Waals surface area contributed by atoms with Crippen LogP contribution in [0.3, 0.4) is 0 Å². The molecule has 2 aromatic carbocycles. The monoisotopic (exact) mass is 500 g/mol. The first-order chi connectivity index (χ1) is 16.9. The molecule has 0 aromatic heterocycles. The fourth-order valence-electron chi connectivity index (χ4n) is 4.43. The van der Waals surface area contributed by atoms with Crippen molar-refractivity contribution in [2.24, 2.45) is 0 Å². The summed E-state index contributed by atoms with van der Waals surface area (Å²) in [5.41, 5.74) is 0.984. The lowest BCUT2D eigenvalue weighted by molar-refractivity contribution is -0.140. The fraction of sp³-hybridized carbons (Fsp3) is 0.429. The standard InChI is InChI=1S/C28H34ClFN2O3/c1-3-5-16-31(17-6-4-2)18-7-19-32-25(20-8-12-22(29)13-9-20)24(27(34)28(32)35)26(33)21-10-14-23(30)15-11-21/h8-15,25,33H,3-7,16-19H2,1-2H3/t25-/m0/s1. The minimum Gasteiger partial charge on any atom is -0.507 e. The maximum Gasteiger partial charge on any atom is 0.295 e. The molecule has 1 N–H and O–H groups in total. The van der Waals surface area contributed by atoms with Gasteiger partial charge in [0.2, 0.25) is 0 Å². The number of benzene rings is 2. The van der Waals surface area contributed by atoms with Gasteiger partial charge >= 0.3 is 0 Å². The van der Waals surface area contributed by atoms with Crippen molar-refractivity contribution in [3.8, 4) is 0 Å². The van der Waals surface area contributed by atoms with Gasteiger partial charge in [-0.3, -0.25) is 9.59 Å². The number of carbonyl (C=O) groups is 2. The Hall–Kier alpha value is -2.70. The lowest BCUT2D eigenvalue weighted by Crippen LogP contribution is -2.34. The van der Waals surface area contributed by atoms with Crippen molar-refractivity contribution in [1.82, 2.24) is 9.80 Å². The molecule has 5 nitrogen and oxygen atoms in total. The van der Waals surface area contributed by atoms with Crippen LogP contribution in [0.5, 0.6) is 0 Å². The number of hydrogen-bond acceptors (Lipinski definition) is 4. The van der Waals surface area contributed by atoms with Crippen LogP contribution in [0.2, 0.25) is 5.02 Å². The Bertz CT molecular complexity index is 1030. The van der Waals surface area contributed by atoms with Crippen LogP contribution in [0.4, 0.5) is 4.39 Å². The molecule has 0 saturated carbocycles. The van der Waals surface area contributed by atoms with E-state index >= 15 is 0 Å². The smallest absolute Gasteiger partial charge is 0.295 e. The fourth-order valence-corrected chi connectivity index (χ4v) is 4.56. The molecule has 0 unspecified atom stereocenters. The van der Waals surface area contributed by atoms with Crippen molar-refractivity contribution in [3.05, 3.63) is 76.1 Å². The molecule has 3 rings (SSSR count).